The van der Waals surface area contributed by atoms with Gasteiger partial charge in [-0.25, -0.2) is 4.79 Å². The molecule has 1 fully saturated rings. The van der Waals surface area contributed by atoms with Gasteiger partial charge in [0.2, 0.25) is 0 Å². The van der Waals surface area contributed by atoms with Gasteiger partial charge >= 0.3 is 6.09 Å². The molecular weight excluding hydrogens is 194 g/mol. The van der Waals surface area contributed by atoms with E-state index in [1.54, 1.807) is 23.2 Å². The van der Waals surface area contributed by atoms with Gasteiger partial charge in [-0.3, -0.25) is 4.98 Å². The second-order valence-electron chi connectivity index (χ2n) is 3.55. The molecule has 0 aliphatic carbocycles. The molecule has 0 radical (unpaired) electrons. The molecule has 15 heavy (non-hydrogen) atoms. The summed E-state index contributed by atoms with van der Waals surface area (Å²) in [5, 5.41) is 0. The van der Waals surface area contributed by atoms with Crippen LogP contribution in [0.4, 0.5) is 4.79 Å². The summed E-state index contributed by atoms with van der Waals surface area (Å²) in [5.41, 5.74) is 5.69. The monoisotopic (exact) mass is 207 g/mol. The first-order valence-corrected chi connectivity index (χ1v) is 4.88. The summed E-state index contributed by atoms with van der Waals surface area (Å²) < 4.78 is 5.12. The quantitative estimate of drug-likeness (QED) is 0.732. The maximum atomic E-state index is 11.6. The van der Waals surface area contributed by atoms with Crippen molar-refractivity contribution in [3.8, 4) is 5.75 Å². The number of rotatable bonds is 1. The average molecular weight is 207 g/mol. The summed E-state index contributed by atoms with van der Waals surface area (Å²) >= 11 is 0. The largest absolute Gasteiger partial charge is 0.415 e. The molecule has 80 valence electrons. The van der Waals surface area contributed by atoms with E-state index in [9.17, 15) is 4.79 Å². The molecule has 2 N–H and O–H groups in total. The minimum Gasteiger partial charge on any atom is -0.409 e. The Kier molecular flexibility index (Phi) is 2.82. The Labute approximate surface area is 87.8 Å². The molecular formula is C10H13N3O2. The maximum Gasteiger partial charge on any atom is 0.415 e. The minimum atomic E-state index is -0.351. The average Bonchev–Trinajstić information content (AvgIpc) is 2.66. The van der Waals surface area contributed by atoms with E-state index < -0.39 is 0 Å². The number of carbonyl (C=O) groups is 1. The van der Waals surface area contributed by atoms with Crippen LogP contribution in [0, 0.1) is 0 Å². The number of ether oxygens (including phenoxy) is 1. The molecule has 1 amide bonds. The van der Waals surface area contributed by atoms with E-state index in [0.717, 1.165) is 6.42 Å². The normalized spacial score (nSPS) is 20.3. The zero-order chi connectivity index (χ0) is 10.7. The van der Waals surface area contributed by atoms with Crippen LogP contribution in [0.1, 0.15) is 6.42 Å². The topological polar surface area (TPSA) is 68.5 Å². The Morgan fingerprint density at radius 3 is 3.13 bits per heavy atom. The summed E-state index contributed by atoms with van der Waals surface area (Å²) in [4.78, 5) is 17.0. The first-order valence-electron chi connectivity index (χ1n) is 4.88. The van der Waals surface area contributed by atoms with Gasteiger partial charge in [0.25, 0.3) is 0 Å². The number of hydrogen-bond donors (Lipinski definition) is 1. The lowest BCUT2D eigenvalue weighted by Gasteiger charge is -2.14. The Balaban J connectivity index is 1.93. The van der Waals surface area contributed by atoms with Gasteiger partial charge in [-0.2, -0.15) is 0 Å². The summed E-state index contributed by atoms with van der Waals surface area (Å²) in [6, 6.07) is 3.49. The molecule has 5 nitrogen and oxygen atoms in total. The fraction of sp³-hybridized carbons (Fsp3) is 0.400. The number of hydrogen-bond acceptors (Lipinski definition) is 4. The van der Waals surface area contributed by atoms with Crippen molar-refractivity contribution < 1.29 is 9.53 Å². The molecule has 1 saturated heterocycles. The van der Waals surface area contributed by atoms with E-state index in [0.29, 0.717) is 18.8 Å². The van der Waals surface area contributed by atoms with E-state index in [2.05, 4.69) is 4.98 Å². The van der Waals surface area contributed by atoms with Gasteiger partial charge < -0.3 is 15.4 Å². The minimum absolute atomic E-state index is 0.0754. The van der Waals surface area contributed by atoms with Crippen LogP contribution in [0.25, 0.3) is 0 Å². The van der Waals surface area contributed by atoms with E-state index in [1.165, 1.54) is 6.20 Å². The molecule has 5 heteroatoms. The van der Waals surface area contributed by atoms with Crippen molar-refractivity contribution in [3.05, 3.63) is 24.5 Å². The molecule has 2 rings (SSSR count). The summed E-state index contributed by atoms with van der Waals surface area (Å²) in [5.74, 6) is 0.461. The lowest BCUT2D eigenvalue weighted by Crippen LogP contribution is -2.33. The van der Waals surface area contributed by atoms with Crippen LogP contribution in [0.2, 0.25) is 0 Å². The van der Waals surface area contributed by atoms with E-state index in [1.807, 2.05) is 0 Å². The van der Waals surface area contributed by atoms with Crippen LogP contribution in [-0.4, -0.2) is 35.1 Å². The first kappa shape index (κ1) is 9.92. The van der Waals surface area contributed by atoms with Crippen molar-refractivity contribution in [2.45, 2.75) is 12.5 Å². The van der Waals surface area contributed by atoms with Gasteiger partial charge in [0.1, 0.15) is 0 Å². The molecule has 1 aliphatic heterocycles. The Bertz CT molecular complexity index is 342. The highest BCUT2D eigenvalue weighted by atomic mass is 16.6. The molecule has 1 aliphatic rings. The lowest BCUT2D eigenvalue weighted by atomic mass is 10.3. The molecule has 0 saturated carbocycles. The number of pyridine rings is 1. The summed E-state index contributed by atoms with van der Waals surface area (Å²) in [6.45, 7) is 1.24. The second-order valence-corrected chi connectivity index (χ2v) is 3.55. The molecule has 1 unspecified atom stereocenters. The van der Waals surface area contributed by atoms with Crippen LogP contribution >= 0.6 is 0 Å². The van der Waals surface area contributed by atoms with Crippen molar-refractivity contribution in [1.29, 1.82) is 0 Å². The number of amides is 1. The van der Waals surface area contributed by atoms with Crippen molar-refractivity contribution in [1.82, 2.24) is 9.88 Å². The fourth-order valence-electron chi connectivity index (χ4n) is 1.53. The smallest absolute Gasteiger partial charge is 0.409 e. The Hall–Kier alpha value is -1.62. The van der Waals surface area contributed by atoms with Gasteiger partial charge in [-0.1, -0.05) is 0 Å². The summed E-state index contributed by atoms with van der Waals surface area (Å²) in [6.07, 6.45) is 3.62. The molecule has 1 atom stereocenters. The number of likely N-dealkylation sites (tertiary alicyclic amines) is 1. The molecule has 0 spiro atoms. The van der Waals surface area contributed by atoms with Crippen LogP contribution in [0.3, 0.4) is 0 Å². The second kappa shape index (κ2) is 4.27. The van der Waals surface area contributed by atoms with Crippen LogP contribution < -0.4 is 10.5 Å². The van der Waals surface area contributed by atoms with E-state index >= 15 is 0 Å². The van der Waals surface area contributed by atoms with Crippen molar-refractivity contribution >= 4 is 6.09 Å². The highest BCUT2D eigenvalue weighted by molar-refractivity contribution is 5.70. The van der Waals surface area contributed by atoms with Crippen molar-refractivity contribution in [3.63, 3.8) is 0 Å². The van der Waals surface area contributed by atoms with Gasteiger partial charge in [0.05, 0.1) is 6.20 Å². The van der Waals surface area contributed by atoms with Gasteiger partial charge in [0.15, 0.2) is 5.75 Å². The van der Waals surface area contributed by atoms with Crippen LogP contribution in [0.5, 0.6) is 5.75 Å². The molecule has 2 heterocycles. The SMILES string of the molecule is NC1CCN(C(=O)Oc2cccnc2)C1. The highest BCUT2D eigenvalue weighted by Gasteiger charge is 2.24. The number of carbonyl (C=O) groups excluding carboxylic acids is 1. The fourth-order valence-corrected chi connectivity index (χ4v) is 1.53. The van der Waals surface area contributed by atoms with Gasteiger partial charge in [0, 0.05) is 25.3 Å². The van der Waals surface area contributed by atoms with Crippen LogP contribution in [-0.2, 0) is 0 Å². The third kappa shape index (κ3) is 2.44. The third-order valence-electron chi connectivity index (χ3n) is 2.32. The molecule has 0 aromatic carbocycles. The van der Waals surface area contributed by atoms with E-state index in [4.69, 9.17) is 10.5 Å². The Morgan fingerprint density at radius 2 is 2.53 bits per heavy atom. The molecule has 1 aromatic heterocycles. The van der Waals surface area contributed by atoms with E-state index in [-0.39, 0.29) is 12.1 Å². The lowest BCUT2D eigenvalue weighted by molar-refractivity contribution is 0.162. The standard InChI is InChI=1S/C10H13N3O2/c11-8-3-5-13(7-8)10(14)15-9-2-1-4-12-6-9/h1-2,4,6,8H,3,5,7,11H2. The number of nitrogens with zero attached hydrogens (tertiary/aromatic N) is 2. The van der Waals surface area contributed by atoms with Gasteiger partial charge in [-0.05, 0) is 18.6 Å². The maximum absolute atomic E-state index is 11.6. The first-order chi connectivity index (χ1) is 7.25. The van der Waals surface area contributed by atoms with Gasteiger partial charge in [-0.15, -0.1) is 0 Å². The van der Waals surface area contributed by atoms with Crippen molar-refractivity contribution in [2.75, 3.05) is 13.1 Å². The number of nitrogens with two attached hydrogens (primary N) is 1. The van der Waals surface area contributed by atoms with Crippen molar-refractivity contribution in [2.24, 2.45) is 5.73 Å². The summed E-state index contributed by atoms with van der Waals surface area (Å²) in [7, 11) is 0. The molecule has 0 bridgehead atoms. The zero-order valence-corrected chi connectivity index (χ0v) is 8.30. The Morgan fingerprint density at radius 1 is 1.67 bits per heavy atom. The predicted octanol–water partition coefficient (Wildman–Crippen LogP) is 0.613. The number of aromatic nitrogens is 1. The highest BCUT2D eigenvalue weighted by Crippen LogP contribution is 2.12. The van der Waals surface area contributed by atoms with Crippen LogP contribution in [0.15, 0.2) is 24.5 Å². The zero-order valence-electron chi connectivity index (χ0n) is 8.30. The third-order valence-corrected chi connectivity index (χ3v) is 2.32. The molecule has 1 aromatic rings. The predicted molar refractivity (Wildman–Crippen MR) is 54.4 cm³/mol.